The van der Waals surface area contributed by atoms with Crippen LogP contribution in [-0.2, 0) is 6.54 Å². The lowest BCUT2D eigenvalue weighted by atomic mass is 10.0. The van der Waals surface area contributed by atoms with Crippen LogP contribution >= 0.6 is 11.8 Å². The van der Waals surface area contributed by atoms with E-state index in [0.717, 1.165) is 11.3 Å². The van der Waals surface area contributed by atoms with Gasteiger partial charge in [-0.3, -0.25) is 14.4 Å². The molecule has 0 unspecified atom stereocenters. The molecule has 1 fully saturated rings. The maximum atomic E-state index is 12.8. The van der Waals surface area contributed by atoms with Crippen LogP contribution in [0.15, 0.2) is 50.9 Å². The number of aromatic amines is 1. The Morgan fingerprint density at radius 1 is 1.13 bits per heavy atom. The van der Waals surface area contributed by atoms with E-state index in [9.17, 15) is 14.4 Å². The molecular weight excluding hydrogens is 410 g/mol. The molecule has 7 heteroatoms. The minimum absolute atomic E-state index is 0.257. The number of thioether (sulfide) groups is 1. The molecule has 2 aromatic carbocycles. The third-order valence-corrected chi connectivity index (χ3v) is 7.19. The summed E-state index contributed by atoms with van der Waals surface area (Å²) in [5.74, 6) is -0.257. The summed E-state index contributed by atoms with van der Waals surface area (Å²) in [6.45, 7) is 4.19. The van der Waals surface area contributed by atoms with Gasteiger partial charge in [0, 0.05) is 27.9 Å². The van der Waals surface area contributed by atoms with Crippen molar-refractivity contribution < 1.29 is 4.79 Å². The molecule has 31 heavy (non-hydrogen) atoms. The van der Waals surface area contributed by atoms with Crippen molar-refractivity contribution in [1.82, 2.24) is 9.55 Å². The van der Waals surface area contributed by atoms with Crippen molar-refractivity contribution in [2.24, 2.45) is 0 Å². The maximum Gasteiger partial charge on any atom is 0.316 e. The lowest BCUT2D eigenvalue weighted by Crippen LogP contribution is -2.36. The molecule has 0 atom stereocenters. The number of aryl methyl sites for hydroxylation is 2. The fourth-order valence-electron chi connectivity index (χ4n) is 4.15. The zero-order chi connectivity index (χ0) is 22.0. The van der Waals surface area contributed by atoms with Crippen molar-refractivity contribution in [2.75, 3.05) is 5.32 Å². The maximum absolute atomic E-state index is 12.8. The predicted octanol–water partition coefficient (Wildman–Crippen LogP) is 4.70. The van der Waals surface area contributed by atoms with E-state index in [1.54, 1.807) is 25.1 Å². The summed E-state index contributed by atoms with van der Waals surface area (Å²) in [4.78, 5) is 40.6. The van der Waals surface area contributed by atoms with Crippen LogP contribution in [0.3, 0.4) is 0 Å². The molecule has 1 aliphatic rings. The fourth-order valence-corrected chi connectivity index (χ4v) is 5.50. The molecule has 1 heterocycles. The highest BCUT2D eigenvalue weighted by molar-refractivity contribution is 8.00. The van der Waals surface area contributed by atoms with Crippen LogP contribution in [0.4, 0.5) is 5.69 Å². The van der Waals surface area contributed by atoms with Crippen LogP contribution in [0.2, 0.25) is 0 Å². The first-order chi connectivity index (χ1) is 15.0. The molecule has 0 bridgehead atoms. The predicted molar refractivity (Wildman–Crippen MR) is 126 cm³/mol. The molecule has 2 N–H and O–H groups in total. The first kappa shape index (κ1) is 21.4. The number of carbonyl (C=O) groups excluding carboxylic acids is 1. The van der Waals surface area contributed by atoms with E-state index in [0.29, 0.717) is 28.4 Å². The molecule has 0 spiro atoms. The smallest absolute Gasteiger partial charge is 0.316 e. The summed E-state index contributed by atoms with van der Waals surface area (Å²) in [7, 11) is 0. The Morgan fingerprint density at radius 3 is 2.61 bits per heavy atom. The number of nitrogens with zero attached hydrogens (tertiary/aromatic N) is 1. The van der Waals surface area contributed by atoms with Gasteiger partial charge < -0.3 is 14.9 Å². The van der Waals surface area contributed by atoms with Gasteiger partial charge in [-0.15, -0.1) is 11.8 Å². The highest BCUT2D eigenvalue weighted by Crippen LogP contribution is 2.35. The number of nitrogens with one attached hydrogen (secondary N) is 2. The second kappa shape index (κ2) is 9.14. The fraction of sp³-hybridized carbons (Fsp3) is 0.375. The Morgan fingerprint density at radius 2 is 1.90 bits per heavy atom. The van der Waals surface area contributed by atoms with Gasteiger partial charge in [0.25, 0.3) is 5.91 Å². The standard InChI is InChI=1S/C24H27N3O3S/c1-3-27-21-12-9-16(14-20(21)26-23(29)24(27)30)22(28)25-19-11-10-18(13-15(19)2)31-17-7-5-4-6-8-17/h9-14,17H,3-8H2,1-2H3,(H,25,28)(H,26,29). The summed E-state index contributed by atoms with van der Waals surface area (Å²) < 4.78 is 1.41. The average Bonchev–Trinajstić information content (AvgIpc) is 2.77. The van der Waals surface area contributed by atoms with E-state index < -0.39 is 11.1 Å². The number of amides is 1. The van der Waals surface area contributed by atoms with E-state index in [2.05, 4.69) is 22.4 Å². The molecule has 1 amide bonds. The van der Waals surface area contributed by atoms with Gasteiger partial charge in [0.05, 0.1) is 11.0 Å². The molecule has 1 aliphatic carbocycles. The van der Waals surface area contributed by atoms with Crippen LogP contribution in [0.1, 0.15) is 54.9 Å². The zero-order valence-electron chi connectivity index (χ0n) is 17.9. The van der Waals surface area contributed by atoms with Gasteiger partial charge in [-0.05, 0) is 68.7 Å². The quantitative estimate of drug-likeness (QED) is 0.567. The number of hydrogen-bond donors (Lipinski definition) is 2. The summed E-state index contributed by atoms with van der Waals surface area (Å²) >= 11 is 1.94. The number of H-pyrrole nitrogens is 1. The third-order valence-electron chi connectivity index (χ3n) is 5.85. The lowest BCUT2D eigenvalue weighted by Gasteiger charge is -2.21. The van der Waals surface area contributed by atoms with Crippen molar-refractivity contribution in [3.63, 3.8) is 0 Å². The minimum atomic E-state index is -0.686. The molecule has 1 aromatic heterocycles. The lowest BCUT2D eigenvalue weighted by molar-refractivity contribution is 0.102. The molecule has 6 nitrogen and oxygen atoms in total. The normalized spacial score (nSPS) is 14.6. The highest BCUT2D eigenvalue weighted by Gasteiger charge is 2.16. The number of hydrogen-bond acceptors (Lipinski definition) is 4. The number of benzene rings is 2. The number of fused-ring (bicyclic) bond motifs is 1. The van der Waals surface area contributed by atoms with Crippen LogP contribution in [0.5, 0.6) is 0 Å². The number of aromatic nitrogens is 2. The molecule has 0 radical (unpaired) electrons. The van der Waals surface area contributed by atoms with Crippen molar-refractivity contribution in [3.05, 3.63) is 68.2 Å². The van der Waals surface area contributed by atoms with Crippen molar-refractivity contribution in [1.29, 1.82) is 0 Å². The summed E-state index contributed by atoms with van der Waals surface area (Å²) in [5, 5.41) is 3.66. The van der Waals surface area contributed by atoms with Crippen molar-refractivity contribution >= 4 is 34.4 Å². The molecule has 0 saturated heterocycles. The Bertz CT molecular complexity index is 1240. The minimum Gasteiger partial charge on any atom is -0.322 e. The van der Waals surface area contributed by atoms with E-state index in [-0.39, 0.29) is 5.91 Å². The molecule has 3 aromatic rings. The largest absolute Gasteiger partial charge is 0.322 e. The average molecular weight is 438 g/mol. The highest BCUT2D eigenvalue weighted by atomic mass is 32.2. The van der Waals surface area contributed by atoms with Gasteiger partial charge in [-0.2, -0.15) is 0 Å². The van der Waals surface area contributed by atoms with Crippen molar-refractivity contribution in [2.45, 2.75) is 62.6 Å². The van der Waals surface area contributed by atoms with Gasteiger partial charge in [0.15, 0.2) is 0 Å². The van der Waals surface area contributed by atoms with Gasteiger partial charge in [-0.1, -0.05) is 19.3 Å². The van der Waals surface area contributed by atoms with Gasteiger partial charge in [-0.25, -0.2) is 0 Å². The summed E-state index contributed by atoms with van der Waals surface area (Å²) in [5.41, 5.74) is 2.00. The number of rotatable bonds is 5. The Hall–Kier alpha value is -2.80. The SMILES string of the molecule is CCn1c(=O)c(=O)[nH]c2cc(C(=O)Nc3ccc(SC4CCCCC4)cc3C)ccc21. The topological polar surface area (TPSA) is 84.0 Å². The Kier molecular flexibility index (Phi) is 6.32. The Labute approximate surface area is 185 Å². The molecule has 4 rings (SSSR count). The molecule has 1 saturated carbocycles. The van der Waals surface area contributed by atoms with Crippen LogP contribution in [0.25, 0.3) is 11.0 Å². The van der Waals surface area contributed by atoms with E-state index in [1.807, 2.05) is 24.8 Å². The van der Waals surface area contributed by atoms with Crippen LogP contribution < -0.4 is 16.4 Å². The number of anilines is 1. The van der Waals surface area contributed by atoms with Crippen LogP contribution in [-0.4, -0.2) is 20.7 Å². The zero-order valence-corrected chi connectivity index (χ0v) is 18.7. The van der Waals surface area contributed by atoms with E-state index in [1.165, 1.54) is 41.6 Å². The summed E-state index contributed by atoms with van der Waals surface area (Å²) in [6, 6.07) is 11.1. The van der Waals surface area contributed by atoms with Gasteiger partial charge in [0.2, 0.25) is 0 Å². The monoisotopic (exact) mass is 437 g/mol. The van der Waals surface area contributed by atoms with Crippen molar-refractivity contribution in [3.8, 4) is 0 Å². The van der Waals surface area contributed by atoms with E-state index in [4.69, 9.17) is 0 Å². The van der Waals surface area contributed by atoms with E-state index >= 15 is 0 Å². The first-order valence-electron chi connectivity index (χ1n) is 10.8. The Balaban J connectivity index is 1.53. The second-order valence-electron chi connectivity index (χ2n) is 8.04. The molecule has 0 aliphatic heterocycles. The van der Waals surface area contributed by atoms with Crippen LogP contribution in [0, 0.1) is 6.92 Å². The molecule has 162 valence electrons. The summed E-state index contributed by atoms with van der Waals surface area (Å²) in [6.07, 6.45) is 6.53. The van der Waals surface area contributed by atoms with Gasteiger partial charge in [0.1, 0.15) is 0 Å². The second-order valence-corrected chi connectivity index (χ2v) is 9.42. The number of carbonyl (C=O) groups is 1. The third kappa shape index (κ3) is 4.61. The molecular formula is C24H27N3O3S. The first-order valence-corrected chi connectivity index (χ1v) is 11.7. The van der Waals surface area contributed by atoms with Gasteiger partial charge >= 0.3 is 11.1 Å².